The maximum absolute atomic E-state index is 6.74. The minimum Gasteiger partial charge on any atom is -0.456 e. The summed E-state index contributed by atoms with van der Waals surface area (Å²) < 4.78 is 17.7. The molecule has 0 atom stereocenters. The molecule has 0 saturated heterocycles. The van der Waals surface area contributed by atoms with Crippen molar-refractivity contribution < 1.29 is 8.83 Å². The first kappa shape index (κ1) is 55.1. The Bertz CT molecular complexity index is 6570. The lowest BCUT2D eigenvalue weighted by Gasteiger charge is -2.12. The molecule has 10 nitrogen and oxygen atoms in total. The van der Waals surface area contributed by atoms with Crippen molar-refractivity contribution in [3.8, 4) is 102 Å². The number of para-hydroxylation sites is 3. The summed E-state index contributed by atoms with van der Waals surface area (Å²) in [4.78, 5) is 32.3. The van der Waals surface area contributed by atoms with E-state index in [-0.39, 0.29) is 0 Å². The van der Waals surface area contributed by atoms with Crippen LogP contribution in [0, 0.1) is 0 Å². The average molecular weight is 1250 g/mol. The van der Waals surface area contributed by atoms with Crippen LogP contribution in [-0.4, -0.2) is 39.0 Å². The van der Waals surface area contributed by atoms with Gasteiger partial charge in [-0.2, -0.15) is 19.9 Å². The van der Waals surface area contributed by atoms with E-state index >= 15 is 0 Å². The first-order valence-electron chi connectivity index (χ1n) is 32.8. The second kappa shape index (κ2) is 22.1. The molecule has 0 amide bonds. The van der Waals surface area contributed by atoms with Gasteiger partial charge in [-0.3, -0.25) is 9.13 Å². The van der Waals surface area contributed by atoms with E-state index in [1.54, 1.807) is 0 Å². The number of benzene rings is 14. The van der Waals surface area contributed by atoms with Gasteiger partial charge in [0, 0.05) is 65.3 Å². The van der Waals surface area contributed by atoms with E-state index in [2.05, 4.69) is 264 Å². The number of furan rings is 2. The lowest BCUT2D eigenvalue weighted by Crippen LogP contribution is -2.06. The molecule has 0 saturated carbocycles. The van der Waals surface area contributed by atoms with E-state index < -0.39 is 0 Å². The Morgan fingerprint density at radius 1 is 0.204 bits per heavy atom. The van der Waals surface area contributed by atoms with Crippen LogP contribution in [0.1, 0.15) is 0 Å². The van der Waals surface area contributed by atoms with Crippen molar-refractivity contribution in [3.05, 3.63) is 315 Å². The lowest BCUT2D eigenvalue weighted by molar-refractivity contribution is 0.668. The number of hydrogen-bond donors (Lipinski definition) is 0. The van der Waals surface area contributed by atoms with Gasteiger partial charge in [0.1, 0.15) is 22.3 Å². The fourth-order valence-electron chi connectivity index (χ4n) is 14.7. The Morgan fingerprint density at radius 2 is 0.612 bits per heavy atom. The number of rotatable bonds is 10. The molecule has 0 aliphatic rings. The van der Waals surface area contributed by atoms with Crippen molar-refractivity contribution in [2.75, 3.05) is 0 Å². The molecular weight excluding hydrogens is 1200 g/mol. The molecule has 456 valence electrons. The summed E-state index contributed by atoms with van der Waals surface area (Å²) in [5.41, 5.74) is 19.1. The van der Waals surface area contributed by atoms with Crippen molar-refractivity contribution in [1.29, 1.82) is 0 Å². The van der Waals surface area contributed by atoms with Crippen LogP contribution in [0.3, 0.4) is 0 Å². The van der Waals surface area contributed by atoms with Crippen molar-refractivity contribution in [1.82, 2.24) is 39.0 Å². The Kier molecular flexibility index (Phi) is 12.4. The quantitative estimate of drug-likeness (QED) is 0.133. The number of aromatic nitrogens is 8. The van der Waals surface area contributed by atoms with Crippen molar-refractivity contribution in [2.24, 2.45) is 0 Å². The van der Waals surface area contributed by atoms with Gasteiger partial charge in [0.15, 0.2) is 23.3 Å². The fourth-order valence-corrected chi connectivity index (χ4v) is 14.7. The molecule has 14 aromatic carbocycles. The topological polar surface area (TPSA) is 113 Å². The molecule has 20 aromatic rings. The zero-order valence-corrected chi connectivity index (χ0v) is 52.4. The van der Waals surface area contributed by atoms with Gasteiger partial charge in [0.2, 0.25) is 11.9 Å². The smallest absolute Gasteiger partial charge is 0.238 e. The number of nitrogens with zero attached hydrogens (tertiary/aromatic N) is 8. The summed E-state index contributed by atoms with van der Waals surface area (Å²) in [5.74, 6) is 3.22. The highest BCUT2D eigenvalue weighted by Gasteiger charge is 2.25. The molecule has 98 heavy (non-hydrogen) atoms. The monoisotopic (exact) mass is 1250 g/mol. The molecule has 0 bridgehead atoms. The molecule has 6 aromatic heterocycles. The van der Waals surface area contributed by atoms with Crippen LogP contribution in [0.25, 0.3) is 200 Å². The van der Waals surface area contributed by atoms with Crippen molar-refractivity contribution in [3.63, 3.8) is 0 Å². The maximum Gasteiger partial charge on any atom is 0.238 e. The highest BCUT2D eigenvalue weighted by atomic mass is 16.3. The summed E-state index contributed by atoms with van der Waals surface area (Å²) in [5, 5.41) is 10.7. The van der Waals surface area contributed by atoms with Crippen LogP contribution in [-0.2, 0) is 0 Å². The predicted molar refractivity (Wildman–Crippen MR) is 397 cm³/mol. The summed E-state index contributed by atoms with van der Waals surface area (Å²) >= 11 is 0. The van der Waals surface area contributed by atoms with E-state index in [1.807, 2.05) is 60.7 Å². The molecule has 0 aliphatic carbocycles. The normalized spacial score (nSPS) is 11.9. The summed E-state index contributed by atoms with van der Waals surface area (Å²) in [6, 6.07) is 110. The second-order valence-corrected chi connectivity index (χ2v) is 24.9. The lowest BCUT2D eigenvalue weighted by atomic mass is 9.96. The average Bonchev–Trinajstić information content (AvgIpc) is 1.58. The van der Waals surface area contributed by atoms with Crippen LogP contribution in [0.2, 0.25) is 0 Å². The third-order valence-electron chi connectivity index (χ3n) is 19.3. The first-order valence-corrected chi connectivity index (χ1v) is 32.8. The van der Waals surface area contributed by atoms with E-state index in [9.17, 15) is 0 Å². The number of hydrogen-bond acceptors (Lipinski definition) is 8. The third kappa shape index (κ3) is 8.96. The van der Waals surface area contributed by atoms with Gasteiger partial charge in [-0.05, 0) is 128 Å². The van der Waals surface area contributed by atoms with Gasteiger partial charge in [-0.25, -0.2) is 9.97 Å². The van der Waals surface area contributed by atoms with Crippen LogP contribution >= 0.6 is 0 Å². The molecule has 10 heteroatoms. The Morgan fingerprint density at radius 3 is 1.26 bits per heavy atom. The fraction of sp³-hybridized carbons (Fsp3) is 0. The van der Waals surface area contributed by atoms with Gasteiger partial charge < -0.3 is 8.83 Å². The van der Waals surface area contributed by atoms with E-state index in [4.69, 9.17) is 38.7 Å². The minimum absolute atomic E-state index is 0.509. The number of fused-ring (bicyclic) bond motifs is 13. The maximum atomic E-state index is 6.74. The van der Waals surface area contributed by atoms with Crippen LogP contribution in [0.5, 0.6) is 0 Å². The largest absolute Gasteiger partial charge is 0.456 e. The van der Waals surface area contributed by atoms with Gasteiger partial charge in [0.05, 0.1) is 22.1 Å². The van der Waals surface area contributed by atoms with Gasteiger partial charge in [0.25, 0.3) is 0 Å². The van der Waals surface area contributed by atoms with Gasteiger partial charge >= 0.3 is 0 Å². The Balaban J connectivity index is 0.692. The Labute approximate surface area is 560 Å². The summed E-state index contributed by atoms with van der Waals surface area (Å²) in [7, 11) is 0. The predicted octanol–water partition coefficient (Wildman–Crippen LogP) is 22.5. The molecule has 0 N–H and O–H groups in total. The van der Waals surface area contributed by atoms with Crippen LogP contribution in [0.4, 0.5) is 0 Å². The summed E-state index contributed by atoms with van der Waals surface area (Å²) in [6.45, 7) is 0. The third-order valence-corrected chi connectivity index (χ3v) is 19.3. The second-order valence-electron chi connectivity index (χ2n) is 24.9. The molecule has 0 fully saturated rings. The molecule has 20 rings (SSSR count). The zero-order chi connectivity index (χ0) is 64.4. The summed E-state index contributed by atoms with van der Waals surface area (Å²) in [6.07, 6.45) is 0. The van der Waals surface area contributed by atoms with E-state index in [0.29, 0.717) is 35.2 Å². The SMILES string of the molecule is c1ccc(-c2ccc3c(c2)oc2cccc(-c4nc(-c5ccccc5)nc(-n5c6ccccc6c6c(-c7ccc(-c8cccc(-c9nc(-c%10cccc%11oc%12cc(-c%13ccc%14ccccc%14c%13)ccc%12c%10%11)nc(-n%10c%11ccccc%11c%11ccccc%11%10)n9)c8)cc7)cccc65)n4)c23)cc1. The Hall–Kier alpha value is -13.4. The highest BCUT2D eigenvalue weighted by molar-refractivity contribution is 6.17. The van der Waals surface area contributed by atoms with Crippen molar-refractivity contribution in [2.45, 2.75) is 0 Å². The van der Waals surface area contributed by atoms with Crippen molar-refractivity contribution >= 4 is 98.3 Å². The minimum atomic E-state index is 0.509. The molecule has 0 unspecified atom stereocenters. The van der Waals surface area contributed by atoms with Crippen LogP contribution in [0.15, 0.2) is 324 Å². The zero-order valence-electron chi connectivity index (χ0n) is 52.4. The van der Waals surface area contributed by atoms with Gasteiger partial charge in [-0.1, -0.05) is 243 Å². The van der Waals surface area contributed by atoms with E-state index in [1.165, 1.54) is 10.8 Å². The van der Waals surface area contributed by atoms with Crippen LogP contribution < -0.4 is 0 Å². The standard InChI is InChI=1S/C88H52N8O2/c1-3-19-53(20-4-1)61-45-47-68-78(51-61)97-76-37-17-31-70(81(68)76)85-89-83(57-22-5-2-6-23-57)91-88(94-85)96-74-35-14-11-29-67(74)80-64(30-16-36-75(80)96)56-42-39-55(40-43-56)59-25-15-26-63(50-59)84-90-86(93-87(92-84)95-72-33-12-9-27-65(72)66-28-10-13-34-73(66)95)71-32-18-38-77-82(71)69-48-46-62(52-79(69)98-77)60-44-41-54-21-7-8-24-58(54)49-60/h1-52H. The molecule has 0 radical (unpaired) electrons. The first-order chi connectivity index (χ1) is 48.5. The molecule has 6 heterocycles. The van der Waals surface area contributed by atoms with E-state index in [0.717, 1.165) is 154 Å². The highest BCUT2D eigenvalue weighted by Crippen LogP contribution is 2.44. The van der Waals surface area contributed by atoms with Gasteiger partial charge in [-0.15, -0.1) is 0 Å². The molecule has 0 aliphatic heterocycles. The molecule has 0 spiro atoms. The molecular formula is C88H52N8O2.